The smallest absolute Gasteiger partial charge is 0.252 e. The highest BCUT2D eigenvalue weighted by Gasteiger charge is 2.14. The average molecular weight is 340 g/mol. The number of ketones is 1. The van der Waals surface area contributed by atoms with Crippen LogP contribution < -0.4 is 10.5 Å². The van der Waals surface area contributed by atoms with E-state index in [2.05, 4.69) is 15.9 Å². The summed E-state index contributed by atoms with van der Waals surface area (Å²) in [7, 11) is 0. The Bertz CT molecular complexity index is 624. The van der Waals surface area contributed by atoms with Gasteiger partial charge in [-0.25, -0.2) is 0 Å². The third kappa shape index (κ3) is 3.21. The van der Waals surface area contributed by atoms with Gasteiger partial charge >= 0.3 is 0 Å². The maximum Gasteiger partial charge on any atom is 0.252 e. The van der Waals surface area contributed by atoms with E-state index in [1.165, 1.54) is 11.3 Å². The fourth-order valence-electron chi connectivity index (χ4n) is 1.50. The van der Waals surface area contributed by atoms with Crippen molar-refractivity contribution in [1.82, 2.24) is 0 Å². The van der Waals surface area contributed by atoms with E-state index in [0.29, 0.717) is 10.6 Å². The zero-order chi connectivity index (χ0) is 13.8. The molecule has 98 valence electrons. The summed E-state index contributed by atoms with van der Waals surface area (Å²) in [4.78, 5) is 23.7. The highest BCUT2D eigenvalue weighted by molar-refractivity contribution is 9.10. The van der Waals surface area contributed by atoms with E-state index >= 15 is 0 Å². The van der Waals surface area contributed by atoms with Crippen molar-refractivity contribution < 1.29 is 14.3 Å². The minimum Gasteiger partial charge on any atom is -0.485 e. The second-order valence-electron chi connectivity index (χ2n) is 3.67. The van der Waals surface area contributed by atoms with Crippen LogP contribution in [-0.2, 0) is 0 Å². The molecule has 2 N–H and O–H groups in total. The number of Topliss-reactive ketones (excluding diaryl/α,β-unsaturated/α-hetero) is 1. The van der Waals surface area contributed by atoms with Gasteiger partial charge in [0.05, 0.1) is 10.4 Å². The first-order valence-electron chi connectivity index (χ1n) is 5.37. The number of amides is 1. The summed E-state index contributed by atoms with van der Waals surface area (Å²) >= 11 is 4.63. The van der Waals surface area contributed by atoms with Crippen molar-refractivity contribution in [2.24, 2.45) is 5.73 Å². The minimum absolute atomic E-state index is 0.136. The van der Waals surface area contributed by atoms with Crippen LogP contribution in [0, 0.1) is 0 Å². The van der Waals surface area contributed by atoms with Gasteiger partial charge in [0, 0.05) is 4.47 Å². The maximum absolute atomic E-state index is 11.9. The van der Waals surface area contributed by atoms with E-state index in [9.17, 15) is 9.59 Å². The topological polar surface area (TPSA) is 69.4 Å². The highest BCUT2D eigenvalue weighted by Crippen LogP contribution is 2.24. The van der Waals surface area contributed by atoms with Crippen LogP contribution in [0.3, 0.4) is 0 Å². The third-order valence-electron chi connectivity index (χ3n) is 2.38. The number of rotatable bonds is 5. The molecule has 1 heterocycles. The molecular weight excluding hydrogens is 330 g/mol. The van der Waals surface area contributed by atoms with E-state index < -0.39 is 5.91 Å². The van der Waals surface area contributed by atoms with Crippen LogP contribution >= 0.6 is 27.3 Å². The van der Waals surface area contributed by atoms with Gasteiger partial charge in [0.25, 0.3) is 5.91 Å². The van der Waals surface area contributed by atoms with Gasteiger partial charge in [-0.1, -0.05) is 12.1 Å². The molecule has 4 nitrogen and oxygen atoms in total. The number of hydrogen-bond donors (Lipinski definition) is 1. The summed E-state index contributed by atoms with van der Waals surface area (Å²) in [6, 6.07) is 8.37. The molecule has 0 bridgehead atoms. The van der Waals surface area contributed by atoms with Crippen LogP contribution in [0.25, 0.3) is 0 Å². The van der Waals surface area contributed by atoms with Crippen molar-refractivity contribution in [3.63, 3.8) is 0 Å². The molecule has 0 spiro atoms. The van der Waals surface area contributed by atoms with E-state index in [1.807, 2.05) is 5.38 Å². The second kappa shape index (κ2) is 5.99. The normalized spacial score (nSPS) is 10.2. The molecule has 0 radical (unpaired) electrons. The largest absolute Gasteiger partial charge is 0.485 e. The summed E-state index contributed by atoms with van der Waals surface area (Å²) in [6.07, 6.45) is 0. The van der Waals surface area contributed by atoms with Gasteiger partial charge in [0.15, 0.2) is 6.61 Å². The summed E-state index contributed by atoms with van der Waals surface area (Å²) in [5.74, 6) is -0.419. The van der Waals surface area contributed by atoms with Gasteiger partial charge in [-0.15, -0.1) is 11.3 Å². The fraction of sp³-hybridized carbons (Fsp3) is 0.0769. The summed E-state index contributed by atoms with van der Waals surface area (Å²) in [6.45, 7) is -0.136. The molecule has 0 atom stereocenters. The number of carbonyl (C=O) groups excluding carboxylic acids is 2. The monoisotopic (exact) mass is 339 g/mol. The summed E-state index contributed by atoms with van der Waals surface area (Å²) in [5, 5.41) is 1.81. The van der Waals surface area contributed by atoms with Crippen LogP contribution in [-0.4, -0.2) is 18.3 Å². The Morgan fingerprint density at radius 3 is 2.63 bits per heavy atom. The molecule has 1 aromatic carbocycles. The van der Waals surface area contributed by atoms with E-state index in [1.54, 1.807) is 30.3 Å². The minimum atomic E-state index is -0.583. The lowest BCUT2D eigenvalue weighted by molar-refractivity contribution is 0.0915. The molecule has 0 aliphatic heterocycles. The number of benzene rings is 1. The third-order valence-corrected chi connectivity index (χ3v) is 4.26. The Kier molecular flexibility index (Phi) is 4.34. The molecule has 6 heteroatoms. The number of thiophene rings is 1. The molecule has 1 aromatic heterocycles. The van der Waals surface area contributed by atoms with Gasteiger partial charge < -0.3 is 10.5 Å². The summed E-state index contributed by atoms with van der Waals surface area (Å²) < 4.78 is 6.12. The van der Waals surface area contributed by atoms with Crippen LogP contribution in [0.15, 0.2) is 40.2 Å². The lowest BCUT2D eigenvalue weighted by Crippen LogP contribution is -2.16. The van der Waals surface area contributed by atoms with Gasteiger partial charge in [-0.3, -0.25) is 9.59 Å². The Morgan fingerprint density at radius 2 is 2.00 bits per heavy atom. The van der Waals surface area contributed by atoms with E-state index in [4.69, 9.17) is 10.5 Å². The number of nitrogens with two attached hydrogens (primary N) is 1. The number of ether oxygens (including phenoxy) is 1. The van der Waals surface area contributed by atoms with Crippen LogP contribution in [0.4, 0.5) is 0 Å². The highest BCUT2D eigenvalue weighted by atomic mass is 79.9. The number of hydrogen-bond acceptors (Lipinski definition) is 4. The van der Waals surface area contributed by atoms with E-state index in [0.717, 1.165) is 4.47 Å². The molecule has 2 rings (SSSR count). The van der Waals surface area contributed by atoms with Crippen molar-refractivity contribution >= 4 is 39.0 Å². The van der Waals surface area contributed by atoms with Gasteiger partial charge in [0.1, 0.15) is 5.75 Å². The molecule has 0 saturated heterocycles. The first-order chi connectivity index (χ1) is 9.09. The Balaban J connectivity index is 2.10. The van der Waals surface area contributed by atoms with Gasteiger partial charge in [-0.05, 0) is 39.5 Å². The first-order valence-corrected chi connectivity index (χ1v) is 7.04. The Labute approximate surface area is 122 Å². The molecule has 0 aliphatic carbocycles. The number of primary amides is 1. The number of halogens is 1. The van der Waals surface area contributed by atoms with Crippen LogP contribution in [0.5, 0.6) is 5.75 Å². The van der Waals surface area contributed by atoms with Crippen molar-refractivity contribution in [1.29, 1.82) is 0 Å². The second-order valence-corrected chi connectivity index (χ2v) is 5.44. The lowest BCUT2D eigenvalue weighted by atomic mass is 10.2. The SMILES string of the molecule is NC(=O)c1ccccc1OCC(=O)c1sccc1Br. The predicted octanol–water partition coefficient (Wildman–Crippen LogP) is 2.87. The average Bonchev–Trinajstić information content (AvgIpc) is 2.82. The Morgan fingerprint density at radius 1 is 1.26 bits per heavy atom. The van der Waals surface area contributed by atoms with Crippen molar-refractivity contribution in [2.75, 3.05) is 6.61 Å². The van der Waals surface area contributed by atoms with Crippen LogP contribution in [0.1, 0.15) is 20.0 Å². The molecular formula is C13H10BrNO3S. The molecule has 0 saturated carbocycles. The van der Waals surface area contributed by atoms with Crippen molar-refractivity contribution in [2.45, 2.75) is 0 Å². The Hall–Kier alpha value is -1.66. The van der Waals surface area contributed by atoms with Crippen LogP contribution in [0.2, 0.25) is 0 Å². The molecule has 0 unspecified atom stereocenters. The standard InChI is InChI=1S/C13H10BrNO3S/c14-9-5-6-19-12(9)10(16)7-18-11-4-2-1-3-8(11)13(15)17/h1-6H,7H2,(H2,15,17). The van der Waals surface area contributed by atoms with Crippen molar-refractivity contribution in [3.8, 4) is 5.75 Å². The van der Waals surface area contributed by atoms with Gasteiger partial charge in [0.2, 0.25) is 5.78 Å². The lowest BCUT2D eigenvalue weighted by Gasteiger charge is -2.08. The number of para-hydroxylation sites is 1. The summed E-state index contributed by atoms with van der Waals surface area (Å²) in [5.41, 5.74) is 5.49. The van der Waals surface area contributed by atoms with Gasteiger partial charge in [-0.2, -0.15) is 0 Å². The predicted molar refractivity (Wildman–Crippen MR) is 76.8 cm³/mol. The maximum atomic E-state index is 11.9. The van der Waals surface area contributed by atoms with Crippen molar-refractivity contribution in [3.05, 3.63) is 50.6 Å². The molecule has 1 amide bonds. The van der Waals surface area contributed by atoms with E-state index in [-0.39, 0.29) is 18.0 Å². The fourth-order valence-corrected chi connectivity index (χ4v) is 3.02. The zero-order valence-electron chi connectivity index (χ0n) is 9.76. The molecule has 0 aliphatic rings. The molecule has 2 aromatic rings. The molecule has 0 fully saturated rings. The zero-order valence-corrected chi connectivity index (χ0v) is 12.2. The number of carbonyl (C=O) groups is 2. The molecule has 19 heavy (non-hydrogen) atoms. The quantitative estimate of drug-likeness (QED) is 0.851. The first kappa shape index (κ1) is 13.8.